The fourth-order valence-electron chi connectivity index (χ4n) is 0.568. The van der Waals surface area contributed by atoms with Gasteiger partial charge in [-0.3, -0.25) is 0 Å². The number of hydrogen-bond donors (Lipinski definition) is 0. The van der Waals surface area contributed by atoms with E-state index in [9.17, 15) is 8.42 Å². The molecule has 0 aliphatic carbocycles. The topological polar surface area (TPSA) is 46.6 Å². The number of hydrogen-bond acceptors (Lipinski definition) is 3. The van der Waals surface area contributed by atoms with E-state index in [0.717, 1.165) is 0 Å². The number of nitrogens with zero attached hydrogens (tertiary/aromatic N) is 1. The molecular formula is C6H15NO3S. The first kappa shape index (κ1) is 10.9. The quantitative estimate of drug-likeness (QED) is 0.557. The van der Waals surface area contributed by atoms with Gasteiger partial charge in [-0.1, -0.05) is 0 Å². The van der Waals surface area contributed by atoms with Crippen LogP contribution in [0.5, 0.6) is 0 Å². The maximum Gasteiger partial charge on any atom is 0.213 e. The minimum absolute atomic E-state index is 0.161. The van der Waals surface area contributed by atoms with Crippen LogP contribution in [0.1, 0.15) is 6.42 Å². The van der Waals surface area contributed by atoms with E-state index in [2.05, 4.69) is 0 Å². The van der Waals surface area contributed by atoms with Crippen LogP contribution in [-0.2, 0) is 14.8 Å². The average Bonchev–Trinajstić information content (AvgIpc) is 1.88. The molecule has 0 fully saturated rings. The summed E-state index contributed by atoms with van der Waals surface area (Å²) in [4.78, 5) is 0. The summed E-state index contributed by atoms with van der Waals surface area (Å²) in [5.41, 5.74) is 0. The Balaban J connectivity index is 3.75. The van der Waals surface area contributed by atoms with E-state index in [4.69, 9.17) is 4.74 Å². The molecule has 0 aromatic carbocycles. The van der Waals surface area contributed by atoms with Crippen molar-refractivity contribution in [3.8, 4) is 0 Å². The standard InChI is InChI=1S/C6H15NO3S/c1-7(2)11(8,9)6-4-5-10-3/h4-6H2,1-3H3. The zero-order valence-electron chi connectivity index (χ0n) is 7.20. The van der Waals surface area contributed by atoms with Crippen LogP contribution < -0.4 is 0 Å². The summed E-state index contributed by atoms with van der Waals surface area (Å²) >= 11 is 0. The van der Waals surface area contributed by atoms with E-state index in [-0.39, 0.29) is 5.75 Å². The summed E-state index contributed by atoms with van der Waals surface area (Å²) in [7, 11) is 1.60. The molecule has 68 valence electrons. The molecule has 0 aromatic rings. The van der Waals surface area contributed by atoms with Crippen molar-refractivity contribution in [1.82, 2.24) is 4.31 Å². The van der Waals surface area contributed by atoms with Crippen LogP contribution >= 0.6 is 0 Å². The molecule has 0 N–H and O–H groups in total. The first-order chi connectivity index (χ1) is 5.00. The molecule has 0 spiro atoms. The highest BCUT2D eigenvalue weighted by Crippen LogP contribution is 1.96. The van der Waals surface area contributed by atoms with E-state index in [0.29, 0.717) is 13.0 Å². The van der Waals surface area contributed by atoms with Gasteiger partial charge in [0.25, 0.3) is 0 Å². The Kier molecular flexibility index (Phi) is 4.63. The van der Waals surface area contributed by atoms with E-state index in [1.54, 1.807) is 7.11 Å². The van der Waals surface area contributed by atoms with E-state index in [1.807, 2.05) is 0 Å². The van der Waals surface area contributed by atoms with Crippen LogP contribution in [0.15, 0.2) is 0 Å². The molecule has 0 heterocycles. The zero-order chi connectivity index (χ0) is 8.91. The Bertz CT molecular complexity index is 186. The molecule has 0 radical (unpaired) electrons. The number of ether oxygens (including phenoxy) is 1. The van der Waals surface area contributed by atoms with Crippen molar-refractivity contribution >= 4 is 10.0 Å². The molecule has 0 aliphatic rings. The number of rotatable bonds is 5. The summed E-state index contributed by atoms with van der Waals surface area (Å²) in [6.07, 6.45) is 0.553. The Morgan fingerprint density at radius 3 is 2.27 bits per heavy atom. The van der Waals surface area contributed by atoms with Gasteiger partial charge in [0.05, 0.1) is 5.75 Å². The van der Waals surface area contributed by atoms with Crippen molar-refractivity contribution in [1.29, 1.82) is 0 Å². The normalized spacial score (nSPS) is 12.4. The highest BCUT2D eigenvalue weighted by atomic mass is 32.2. The summed E-state index contributed by atoms with van der Waals surface area (Å²) < 4.78 is 28.1. The maximum absolute atomic E-state index is 11.1. The second-order valence-corrected chi connectivity index (χ2v) is 4.75. The van der Waals surface area contributed by atoms with Crippen molar-refractivity contribution in [3.63, 3.8) is 0 Å². The lowest BCUT2D eigenvalue weighted by atomic mass is 10.5. The molecule has 0 atom stereocenters. The van der Waals surface area contributed by atoms with E-state index in [1.165, 1.54) is 18.4 Å². The fourth-order valence-corrected chi connectivity index (χ4v) is 1.42. The third kappa shape index (κ3) is 4.34. The lowest BCUT2D eigenvalue weighted by Gasteiger charge is -2.09. The Labute approximate surface area is 68.2 Å². The van der Waals surface area contributed by atoms with Gasteiger partial charge in [0.1, 0.15) is 0 Å². The van der Waals surface area contributed by atoms with Crippen molar-refractivity contribution in [2.45, 2.75) is 6.42 Å². The monoisotopic (exact) mass is 181 g/mol. The number of methoxy groups -OCH3 is 1. The van der Waals surface area contributed by atoms with E-state index >= 15 is 0 Å². The van der Waals surface area contributed by atoms with Crippen LogP contribution in [0.3, 0.4) is 0 Å². The van der Waals surface area contributed by atoms with Gasteiger partial charge in [0.15, 0.2) is 0 Å². The smallest absolute Gasteiger partial charge is 0.213 e. The molecule has 4 nitrogen and oxygen atoms in total. The molecule has 0 amide bonds. The van der Waals surface area contributed by atoms with Gasteiger partial charge in [-0.2, -0.15) is 0 Å². The van der Waals surface area contributed by atoms with Crippen LogP contribution in [0.25, 0.3) is 0 Å². The second-order valence-electron chi connectivity index (χ2n) is 2.44. The molecule has 0 aromatic heterocycles. The first-order valence-electron chi connectivity index (χ1n) is 3.40. The predicted molar refractivity (Wildman–Crippen MR) is 44.0 cm³/mol. The Hall–Kier alpha value is -0.130. The molecule has 0 rings (SSSR count). The highest BCUT2D eigenvalue weighted by molar-refractivity contribution is 7.89. The second kappa shape index (κ2) is 4.69. The van der Waals surface area contributed by atoms with E-state index < -0.39 is 10.0 Å². The predicted octanol–water partition coefficient (Wildman–Crippen LogP) is -0.0857. The van der Waals surface area contributed by atoms with Crippen molar-refractivity contribution < 1.29 is 13.2 Å². The van der Waals surface area contributed by atoms with Gasteiger partial charge in [-0.25, -0.2) is 12.7 Å². The van der Waals surface area contributed by atoms with Gasteiger partial charge in [0.2, 0.25) is 10.0 Å². The third-order valence-corrected chi connectivity index (χ3v) is 3.22. The molecule has 0 unspecified atom stereocenters. The van der Waals surface area contributed by atoms with Crippen molar-refractivity contribution in [2.24, 2.45) is 0 Å². The van der Waals surface area contributed by atoms with Crippen LogP contribution in [0.2, 0.25) is 0 Å². The maximum atomic E-state index is 11.1. The van der Waals surface area contributed by atoms with Gasteiger partial charge < -0.3 is 4.74 Å². The number of sulfonamides is 1. The Morgan fingerprint density at radius 2 is 1.91 bits per heavy atom. The van der Waals surface area contributed by atoms with Crippen molar-refractivity contribution in [2.75, 3.05) is 33.6 Å². The minimum atomic E-state index is -3.02. The summed E-state index contributed by atoms with van der Waals surface area (Å²) in [5.74, 6) is 0.161. The van der Waals surface area contributed by atoms with Gasteiger partial charge >= 0.3 is 0 Å². The molecule has 0 aliphatic heterocycles. The molecule has 0 bridgehead atoms. The molecule has 5 heteroatoms. The van der Waals surface area contributed by atoms with Gasteiger partial charge in [-0.05, 0) is 6.42 Å². The SMILES string of the molecule is COCCCS(=O)(=O)N(C)C. The lowest BCUT2D eigenvalue weighted by Crippen LogP contribution is -2.25. The zero-order valence-corrected chi connectivity index (χ0v) is 8.02. The van der Waals surface area contributed by atoms with Crippen LogP contribution in [0, 0.1) is 0 Å². The Morgan fingerprint density at radius 1 is 1.36 bits per heavy atom. The minimum Gasteiger partial charge on any atom is -0.385 e. The summed E-state index contributed by atoms with van der Waals surface area (Å²) in [6, 6.07) is 0. The third-order valence-electron chi connectivity index (χ3n) is 1.31. The fraction of sp³-hybridized carbons (Fsp3) is 1.00. The van der Waals surface area contributed by atoms with Crippen molar-refractivity contribution in [3.05, 3.63) is 0 Å². The molecule has 11 heavy (non-hydrogen) atoms. The average molecular weight is 181 g/mol. The lowest BCUT2D eigenvalue weighted by molar-refractivity contribution is 0.199. The van der Waals surface area contributed by atoms with Gasteiger partial charge in [-0.15, -0.1) is 0 Å². The van der Waals surface area contributed by atoms with Crippen LogP contribution in [0.4, 0.5) is 0 Å². The molecule has 0 saturated carbocycles. The molecule has 0 saturated heterocycles. The first-order valence-corrected chi connectivity index (χ1v) is 5.01. The summed E-state index contributed by atoms with van der Waals surface area (Å²) in [5, 5.41) is 0. The highest BCUT2D eigenvalue weighted by Gasteiger charge is 2.11. The van der Waals surface area contributed by atoms with Gasteiger partial charge in [0, 0.05) is 27.8 Å². The summed E-state index contributed by atoms with van der Waals surface area (Å²) in [6.45, 7) is 0.493. The largest absolute Gasteiger partial charge is 0.385 e. The molecular weight excluding hydrogens is 166 g/mol. The van der Waals surface area contributed by atoms with Crippen LogP contribution in [-0.4, -0.2) is 46.3 Å².